The topological polar surface area (TPSA) is 99.9 Å². The van der Waals surface area contributed by atoms with Crippen LogP contribution in [0.4, 0.5) is 5.82 Å². The Kier molecular flexibility index (Phi) is 4.30. The molecule has 0 saturated heterocycles. The number of carbonyl (C=O) groups is 1. The molecule has 22 heavy (non-hydrogen) atoms. The van der Waals surface area contributed by atoms with Gasteiger partial charge in [0.1, 0.15) is 17.8 Å². The summed E-state index contributed by atoms with van der Waals surface area (Å²) in [5.41, 5.74) is 6.46. The van der Waals surface area contributed by atoms with Crippen LogP contribution in [0, 0.1) is 0 Å². The maximum atomic E-state index is 12.2. The van der Waals surface area contributed by atoms with Crippen molar-refractivity contribution in [2.45, 2.75) is 13.0 Å². The number of nitrogens with zero attached hydrogens (tertiary/aromatic N) is 3. The summed E-state index contributed by atoms with van der Waals surface area (Å²) in [6.07, 6.45) is 5.21. The Morgan fingerprint density at radius 1 is 1.59 bits per heavy atom. The van der Waals surface area contributed by atoms with Gasteiger partial charge in [0.15, 0.2) is 0 Å². The summed E-state index contributed by atoms with van der Waals surface area (Å²) in [4.78, 5) is 26.5. The molecule has 0 spiro atoms. The first-order chi connectivity index (χ1) is 10.6. The zero-order valence-electron chi connectivity index (χ0n) is 12.2. The van der Waals surface area contributed by atoms with Gasteiger partial charge in [0.05, 0.1) is 10.3 Å². The molecule has 3 rings (SSSR count). The normalized spacial score (nSPS) is 16.5. The van der Waals surface area contributed by atoms with Crippen LogP contribution in [0.5, 0.6) is 0 Å². The number of nitrogens with one attached hydrogen (secondary N) is 2. The van der Waals surface area contributed by atoms with Gasteiger partial charge in [-0.3, -0.25) is 4.79 Å². The van der Waals surface area contributed by atoms with Crippen LogP contribution in [0.2, 0.25) is 0 Å². The molecule has 1 atom stereocenters. The maximum absolute atomic E-state index is 12.2. The minimum atomic E-state index is -0.0913. The van der Waals surface area contributed by atoms with E-state index in [0.29, 0.717) is 11.4 Å². The Hall–Kier alpha value is -2.06. The molecule has 2 aromatic heterocycles. The molecule has 116 valence electrons. The van der Waals surface area contributed by atoms with Crippen LogP contribution in [-0.4, -0.2) is 45.7 Å². The molecule has 4 N–H and O–H groups in total. The Morgan fingerprint density at radius 2 is 2.45 bits per heavy atom. The SMILES string of the molecule is C[C@@H](N)CNC(=O)C1=CN(c2ncnc3[nH]ccc23)CCS1. The van der Waals surface area contributed by atoms with E-state index in [-0.39, 0.29) is 11.9 Å². The van der Waals surface area contributed by atoms with E-state index in [9.17, 15) is 4.79 Å². The van der Waals surface area contributed by atoms with Crippen LogP contribution in [0.3, 0.4) is 0 Å². The molecule has 1 aliphatic heterocycles. The van der Waals surface area contributed by atoms with Crippen molar-refractivity contribution in [3.8, 4) is 0 Å². The van der Waals surface area contributed by atoms with Gasteiger partial charge in [-0.25, -0.2) is 9.97 Å². The molecule has 1 amide bonds. The highest BCUT2D eigenvalue weighted by molar-refractivity contribution is 8.04. The first-order valence-corrected chi connectivity index (χ1v) is 8.07. The van der Waals surface area contributed by atoms with Gasteiger partial charge in [0.25, 0.3) is 5.91 Å². The lowest BCUT2D eigenvalue weighted by molar-refractivity contribution is -0.116. The number of hydrogen-bond donors (Lipinski definition) is 3. The molecule has 0 aromatic carbocycles. The number of aromatic amines is 1. The molecule has 1 aliphatic rings. The van der Waals surface area contributed by atoms with Crippen molar-refractivity contribution in [3.63, 3.8) is 0 Å². The van der Waals surface area contributed by atoms with E-state index in [1.54, 1.807) is 11.8 Å². The van der Waals surface area contributed by atoms with Crippen LogP contribution in [-0.2, 0) is 4.79 Å². The number of hydrogen-bond acceptors (Lipinski definition) is 6. The highest BCUT2D eigenvalue weighted by Crippen LogP contribution is 2.28. The molecule has 3 heterocycles. The van der Waals surface area contributed by atoms with E-state index < -0.39 is 0 Å². The van der Waals surface area contributed by atoms with Gasteiger partial charge in [-0.2, -0.15) is 0 Å². The highest BCUT2D eigenvalue weighted by Gasteiger charge is 2.20. The zero-order valence-corrected chi connectivity index (χ0v) is 13.1. The minimum Gasteiger partial charge on any atom is -0.350 e. The Labute approximate surface area is 132 Å². The molecule has 0 aliphatic carbocycles. The summed E-state index contributed by atoms with van der Waals surface area (Å²) >= 11 is 1.54. The Morgan fingerprint density at radius 3 is 3.27 bits per heavy atom. The largest absolute Gasteiger partial charge is 0.350 e. The fourth-order valence-electron chi connectivity index (χ4n) is 2.22. The van der Waals surface area contributed by atoms with Crippen LogP contribution >= 0.6 is 11.8 Å². The Balaban J connectivity index is 1.84. The number of nitrogens with two attached hydrogens (primary N) is 1. The average Bonchev–Trinajstić information content (AvgIpc) is 3.01. The van der Waals surface area contributed by atoms with Crippen molar-refractivity contribution < 1.29 is 4.79 Å². The van der Waals surface area contributed by atoms with E-state index in [1.165, 1.54) is 6.33 Å². The quantitative estimate of drug-likeness (QED) is 0.771. The molecule has 0 fully saturated rings. The maximum Gasteiger partial charge on any atom is 0.259 e. The third kappa shape index (κ3) is 3.07. The summed E-state index contributed by atoms with van der Waals surface area (Å²) in [6.45, 7) is 3.12. The molecule has 0 radical (unpaired) electrons. The lowest BCUT2D eigenvalue weighted by Gasteiger charge is -2.25. The Bertz CT molecular complexity index is 710. The monoisotopic (exact) mass is 318 g/mol. The van der Waals surface area contributed by atoms with Crippen LogP contribution in [0.15, 0.2) is 29.7 Å². The lowest BCUT2D eigenvalue weighted by Crippen LogP contribution is -2.37. The first-order valence-electron chi connectivity index (χ1n) is 7.08. The van der Waals surface area contributed by atoms with E-state index in [2.05, 4.69) is 20.3 Å². The average molecular weight is 318 g/mol. The molecule has 0 unspecified atom stereocenters. The van der Waals surface area contributed by atoms with Crippen molar-refractivity contribution >= 4 is 34.5 Å². The molecular formula is C14H18N6OS. The number of anilines is 1. The van der Waals surface area contributed by atoms with Crippen LogP contribution < -0.4 is 16.0 Å². The number of amides is 1. The second-order valence-corrected chi connectivity index (χ2v) is 6.30. The van der Waals surface area contributed by atoms with Crippen LogP contribution in [0.25, 0.3) is 11.0 Å². The van der Waals surface area contributed by atoms with E-state index in [0.717, 1.165) is 29.1 Å². The fraction of sp³-hybridized carbons (Fsp3) is 0.357. The van der Waals surface area contributed by atoms with E-state index in [1.807, 2.05) is 30.3 Å². The molecule has 0 saturated carbocycles. The van der Waals surface area contributed by atoms with Gasteiger partial charge in [-0.05, 0) is 13.0 Å². The summed E-state index contributed by atoms with van der Waals surface area (Å²) < 4.78 is 0. The third-order valence-electron chi connectivity index (χ3n) is 3.28. The predicted molar refractivity (Wildman–Crippen MR) is 88.4 cm³/mol. The number of carbonyl (C=O) groups excluding carboxylic acids is 1. The lowest BCUT2D eigenvalue weighted by atomic mass is 10.3. The van der Waals surface area contributed by atoms with Gasteiger partial charge in [0, 0.05) is 37.3 Å². The van der Waals surface area contributed by atoms with Crippen molar-refractivity contribution in [1.82, 2.24) is 20.3 Å². The number of fused-ring (bicyclic) bond motifs is 1. The number of thioether (sulfide) groups is 1. The summed E-state index contributed by atoms with van der Waals surface area (Å²) in [5, 5.41) is 3.78. The summed E-state index contributed by atoms with van der Waals surface area (Å²) in [5.74, 6) is 1.54. The van der Waals surface area contributed by atoms with Crippen molar-refractivity contribution in [3.05, 3.63) is 29.7 Å². The first kappa shape index (κ1) is 14.9. The smallest absolute Gasteiger partial charge is 0.259 e. The van der Waals surface area contributed by atoms with Crippen molar-refractivity contribution in [2.75, 3.05) is 23.7 Å². The highest BCUT2D eigenvalue weighted by atomic mass is 32.2. The van der Waals surface area contributed by atoms with E-state index >= 15 is 0 Å². The molecule has 0 bridgehead atoms. The molecular weight excluding hydrogens is 300 g/mol. The predicted octanol–water partition coefficient (Wildman–Crippen LogP) is 0.816. The van der Waals surface area contributed by atoms with E-state index in [4.69, 9.17) is 5.73 Å². The standard InChI is InChI=1S/C14H18N6OS/c1-9(15)6-17-14(21)11-7-20(4-5-22-11)13-10-2-3-16-12(10)18-8-19-13/h2-3,7-9H,4-6,15H2,1H3,(H,17,21)(H,16,18,19)/t9-/m1/s1. The molecule has 7 nitrogen and oxygen atoms in total. The van der Waals surface area contributed by atoms with Gasteiger partial charge in [0.2, 0.25) is 0 Å². The number of aromatic nitrogens is 3. The van der Waals surface area contributed by atoms with Gasteiger partial charge in [-0.1, -0.05) is 0 Å². The fourth-order valence-corrected chi connectivity index (χ4v) is 3.13. The molecule has 2 aromatic rings. The second-order valence-electron chi connectivity index (χ2n) is 5.16. The van der Waals surface area contributed by atoms with Gasteiger partial charge >= 0.3 is 0 Å². The second kappa shape index (κ2) is 6.37. The summed E-state index contributed by atoms with van der Waals surface area (Å²) in [7, 11) is 0. The minimum absolute atomic E-state index is 0.0596. The van der Waals surface area contributed by atoms with Gasteiger partial charge in [-0.15, -0.1) is 11.8 Å². The van der Waals surface area contributed by atoms with Crippen molar-refractivity contribution in [2.24, 2.45) is 5.73 Å². The number of rotatable bonds is 4. The number of H-pyrrole nitrogens is 1. The van der Waals surface area contributed by atoms with Gasteiger partial charge < -0.3 is 20.9 Å². The van der Waals surface area contributed by atoms with Crippen LogP contribution in [0.1, 0.15) is 6.92 Å². The third-order valence-corrected chi connectivity index (χ3v) is 4.26. The molecule has 8 heteroatoms. The zero-order chi connectivity index (χ0) is 15.5. The summed E-state index contributed by atoms with van der Waals surface area (Å²) in [6, 6.07) is 1.88. The van der Waals surface area contributed by atoms with Crippen molar-refractivity contribution in [1.29, 1.82) is 0 Å².